The maximum atomic E-state index is 12.6. The van der Waals surface area contributed by atoms with Gasteiger partial charge in [-0.2, -0.15) is 0 Å². The second kappa shape index (κ2) is 6.31. The molecule has 1 amide bonds. The summed E-state index contributed by atoms with van der Waals surface area (Å²) >= 11 is 0. The lowest BCUT2D eigenvalue weighted by atomic mass is 10.1. The van der Waals surface area contributed by atoms with Gasteiger partial charge in [0.25, 0.3) is 0 Å². The molecular formula is C17H22N2O2. The van der Waals surface area contributed by atoms with E-state index in [1.165, 1.54) is 0 Å². The number of likely N-dealkylation sites (tertiary alicyclic amines) is 1. The molecule has 1 atom stereocenters. The van der Waals surface area contributed by atoms with E-state index >= 15 is 0 Å². The highest BCUT2D eigenvalue weighted by Crippen LogP contribution is 2.21. The van der Waals surface area contributed by atoms with Crippen LogP contribution in [0.3, 0.4) is 0 Å². The summed E-state index contributed by atoms with van der Waals surface area (Å²) in [5.41, 5.74) is 2.10. The van der Waals surface area contributed by atoms with Crippen LogP contribution in [0.15, 0.2) is 30.5 Å². The molecule has 1 aliphatic rings. The molecule has 0 bridgehead atoms. The molecule has 112 valence electrons. The number of aliphatic hydroxyl groups is 1. The Hall–Kier alpha value is -1.81. The average molecular weight is 286 g/mol. The topological polar surface area (TPSA) is 56.3 Å². The Morgan fingerprint density at radius 3 is 3.00 bits per heavy atom. The smallest absolute Gasteiger partial charge is 0.227 e. The number of benzene rings is 1. The first-order valence-electron chi connectivity index (χ1n) is 7.75. The first-order chi connectivity index (χ1) is 10.3. The molecule has 2 heterocycles. The standard InChI is InChI=1S/C17H22N2O2/c20-12-14-6-2-1-5-9-19(14)17(21)10-13-11-18-16-8-4-3-7-15(13)16/h3-4,7-8,11,14,18,20H,1-2,5-6,9-10,12H2. The number of para-hydroxylation sites is 1. The van der Waals surface area contributed by atoms with E-state index in [0.29, 0.717) is 6.42 Å². The zero-order chi connectivity index (χ0) is 14.7. The highest BCUT2D eigenvalue weighted by molar-refractivity contribution is 5.89. The number of amides is 1. The van der Waals surface area contributed by atoms with E-state index in [1.807, 2.05) is 35.4 Å². The fourth-order valence-corrected chi connectivity index (χ4v) is 3.24. The van der Waals surface area contributed by atoms with Crippen molar-refractivity contribution in [2.24, 2.45) is 0 Å². The largest absolute Gasteiger partial charge is 0.394 e. The zero-order valence-electron chi connectivity index (χ0n) is 12.2. The van der Waals surface area contributed by atoms with Gasteiger partial charge in [-0.1, -0.05) is 31.0 Å². The maximum Gasteiger partial charge on any atom is 0.227 e. The minimum absolute atomic E-state index is 0.00907. The summed E-state index contributed by atoms with van der Waals surface area (Å²) in [6, 6.07) is 8.03. The predicted octanol–water partition coefficient (Wildman–Crippen LogP) is 2.47. The van der Waals surface area contributed by atoms with Crippen LogP contribution in [-0.4, -0.2) is 40.1 Å². The van der Waals surface area contributed by atoms with Gasteiger partial charge < -0.3 is 15.0 Å². The number of aliphatic hydroxyl groups excluding tert-OH is 1. The van der Waals surface area contributed by atoms with Crippen molar-refractivity contribution >= 4 is 16.8 Å². The fourth-order valence-electron chi connectivity index (χ4n) is 3.24. The van der Waals surface area contributed by atoms with E-state index in [0.717, 1.165) is 48.7 Å². The number of carbonyl (C=O) groups is 1. The Kier molecular flexibility index (Phi) is 4.25. The number of nitrogens with zero attached hydrogens (tertiary/aromatic N) is 1. The van der Waals surface area contributed by atoms with E-state index < -0.39 is 0 Å². The Labute approximate surface area is 124 Å². The van der Waals surface area contributed by atoms with Gasteiger partial charge in [-0.15, -0.1) is 0 Å². The molecule has 4 heteroatoms. The molecule has 21 heavy (non-hydrogen) atoms. The Morgan fingerprint density at radius 2 is 2.14 bits per heavy atom. The molecule has 0 spiro atoms. The molecule has 1 saturated heterocycles. The first kappa shape index (κ1) is 14.1. The molecule has 3 rings (SSSR count). The van der Waals surface area contributed by atoms with Crippen LogP contribution in [-0.2, 0) is 11.2 Å². The van der Waals surface area contributed by atoms with Crippen LogP contribution in [0.25, 0.3) is 10.9 Å². The molecule has 2 N–H and O–H groups in total. The summed E-state index contributed by atoms with van der Waals surface area (Å²) in [6.45, 7) is 0.839. The zero-order valence-corrected chi connectivity index (χ0v) is 12.2. The molecule has 1 fully saturated rings. The van der Waals surface area contributed by atoms with Crippen LogP contribution in [0.2, 0.25) is 0 Å². The number of rotatable bonds is 3. The van der Waals surface area contributed by atoms with Crippen LogP contribution in [0.1, 0.15) is 31.2 Å². The molecule has 4 nitrogen and oxygen atoms in total. The number of carbonyl (C=O) groups excluding carboxylic acids is 1. The summed E-state index contributed by atoms with van der Waals surface area (Å²) in [4.78, 5) is 17.7. The van der Waals surface area contributed by atoms with Gasteiger partial charge in [-0.25, -0.2) is 0 Å². The number of nitrogens with one attached hydrogen (secondary N) is 1. The van der Waals surface area contributed by atoms with E-state index in [9.17, 15) is 9.90 Å². The Morgan fingerprint density at radius 1 is 1.29 bits per heavy atom. The second-order valence-electron chi connectivity index (χ2n) is 5.81. The first-order valence-corrected chi connectivity index (χ1v) is 7.75. The highest BCUT2D eigenvalue weighted by Gasteiger charge is 2.25. The normalized spacial score (nSPS) is 19.7. The van der Waals surface area contributed by atoms with Crippen LogP contribution >= 0.6 is 0 Å². The average Bonchev–Trinajstić information content (AvgIpc) is 2.76. The monoisotopic (exact) mass is 286 g/mol. The lowest BCUT2D eigenvalue weighted by Crippen LogP contribution is -2.42. The molecule has 1 unspecified atom stereocenters. The predicted molar refractivity (Wildman–Crippen MR) is 83.1 cm³/mol. The van der Waals surface area contributed by atoms with Gasteiger partial charge in [-0.05, 0) is 24.5 Å². The number of aromatic amines is 1. The van der Waals surface area contributed by atoms with Gasteiger partial charge in [0, 0.05) is 23.6 Å². The minimum Gasteiger partial charge on any atom is -0.394 e. The third kappa shape index (κ3) is 2.95. The molecule has 2 aromatic rings. The summed E-state index contributed by atoms with van der Waals surface area (Å²) in [6.07, 6.45) is 6.52. The molecule has 0 saturated carbocycles. The van der Waals surface area contributed by atoms with Gasteiger partial charge in [-0.3, -0.25) is 4.79 Å². The third-order valence-corrected chi connectivity index (χ3v) is 4.42. The van der Waals surface area contributed by atoms with Crippen molar-refractivity contribution in [3.05, 3.63) is 36.0 Å². The summed E-state index contributed by atoms with van der Waals surface area (Å²) in [5.74, 6) is 0.126. The summed E-state index contributed by atoms with van der Waals surface area (Å²) < 4.78 is 0. The van der Waals surface area contributed by atoms with Crippen molar-refractivity contribution in [3.63, 3.8) is 0 Å². The Balaban J connectivity index is 1.78. The van der Waals surface area contributed by atoms with Crippen LogP contribution in [0, 0.1) is 0 Å². The van der Waals surface area contributed by atoms with Gasteiger partial charge >= 0.3 is 0 Å². The summed E-state index contributed by atoms with van der Waals surface area (Å²) in [7, 11) is 0. The molecule has 1 aromatic heterocycles. The number of H-pyrrole nitrogens is 1. The van der Waals surface area contributed by atoms with Gasteiger partial charge in [0.15, 0.2) is 0 Å². The van der Waals surface area contributed by atoms with Crippen molar-refractivity contribution < 1.29 is 9.90 Å². The van der Waals surface area contributed by atoms with Crippen LogP contribution < -0.4 is 0 Å². The lowest BCUT2D eigenvalue weighted by molar-refractivity contribution is -0.133. The SMILES string of the molecule is O=C(Cc1c[nH]c2ccccc12)N1CCCCCC1CO. The molecular weight excluding hydrogens is 264 g/mol. The fraction of sp³-hybridized carbons (Fsp3) is 0.471. The third-order valence-electron chi connectivity index (χ3n) is 4.42. The molecule has 0 aliphatic carbocycles. The highest BCUT2D eigenvalue weighted by atomic mass is 16.3. The van der Waals surface area contributed by atoms with Gasteiger partial charge in [0.1, 0.15) is 0 Å². The van der Waals surface area contributed by atoms with Crippen molar-refractivity contribution in [1.29, 1.82) is 0 Å². The maximum absolute atomic E-state index is 12.6. The van der Waals surface area contributed by atoms with Crippen molar-refractivity contribution in [2.45, 2.75) is 38.1 Å². The van der Waals surface area contributed by atoms with Crippen molar-refractivity contribution in [3.8, 4) is 0 Å². The van der Waals surface area contributed by atoms with Gasteiger partial charge in [0.2, 0.25) is 5.91 Å². The van der Waals surface area contributed by atoms with Gasteiger partial charge in [0.05, 0.1) is 19.1 Å². The summed E-state index contributed by atoms with van der Waals surface area (Å²) in [5, 5.41) is 10.6. The minimum atomic E-state index is -0.00907. The molecule has 1 aliphatic heterocycles. The lowest BCUT2D eigenvalue weighted by Gasteiger charge is -2.28. The number of fused-ring (bicyclic) bond motifs is 1. The number of hydrogen-bond donors (Lipinski definition) is 2. The quantitative estimate of drug-likeness (QED) is 0.910. The van der Waals surface area contributed by atoms with Crippen molar-refractivity contribution in [2.75, 3.05) is 13.2 Å². The number of aromatic nitrogens is 1. The second-order valence-corrected chi connectivity index (χ2v) is 5.81. The van der Waals surface area contributed by atoms with Crippen LogP contribution in [0.5, 0.6) is 0 Å². The Bertz CT molecular complexity index is 620. The van der Waals surface area contributed by atoms with E-state index in [1.54, 1.807) is 0 Å². The van der Waals surface area contributed by atoms with E-state index in [2.05, 4.69) is 4.98 Å². The van der Waals surface area contributed by atoms with E-state index in [4.69, 9.17) is 0 Å². The number of hydrogen-bond acceptors (Lipinski definition) is 2. The molecule has 1 aromatic carbocycles. The molecule has 0 radical (unpaired) electrons. The van der Waals surface area contributed by atoms with E-state index in [-0.39, 0.29) is 18.6 Å². The van der Waals surface area contributed by atoms with Crippen LogP contribution in [0.4, 0.5) is 0 Å². The van der Waals surface area contributed by atoms with Crippen molar-refractivity contribution in [1.82, 2.24) is 9.88 Å².